The van der Waals surface area contributed by atoms with E-state index in [1.165, 1.54) is 18.2 Å². The molecule has 1 N–H and O–H groups in total. The number of ether oxygens (including phenoxy) is 1. The van der Waals surface area contributed by atoms with E-state index in [1.54, 1.807) is 0 Å². The summed E-state index contributed by atoms with van der Waals surface area (Å²) in [6, 6.07) is 8.42. The van der Waals surface area contributed by atoms with E-state index in [-0.39, 0.29) is 17.8 Å². The van der Waals surface area contributed by atoms with Crippen molar-refractivity contribution in [1.29, 1.82) is 0 Å². The van der Waals surface area contributed by atoms with Crippen molar-refractivity contribution in [1.82, 2.24) is 5.32 Å². The Balaban J connectivity index is 2.21. The largest absolute Gasteiger partial charge is 0.469 e. The maximum Gasteiger partial charge on any atom is 0.309 e. The van der Waals surface area contributed by atoms with Crippen LogP contribution in [0.15, 0.2) is 24.3 Å². The lowest BCUT2D eigenvalue weighted by molar-refractivity contribution is -0.147. The fourth-order valence-electron chi connectivity index (χ4n) is 2.46. The van der Waals surface area contributed by atoms with Crippen LogP contribution in [-0.4, -0.2) is 26.2 Å². The van der Waals surface area contributed by atoms with Crippen LogP contribution in [0, 0.1) is 12.8 Å². The molecule has 0 aliphatic carbocycles. The van der Waals surface area contributed by atoms with Crippen LogP contribution in [0.1, 0.15) is 23.5 Å². The summed E-state index contributed by atoms with van der Waals surface area (Å²) >= 11 is 0. The van der Waals surface area contributed by atoms with Crippen molar-refractivity contribution in [3.8, 4) is 0 Å². The number of methoxy groups -OCH3 is 1. The van der Waals surface area contributed by atoms with E-state index in [2.05, 4.69) is 36.5 Å². The van der Waals surface area contributed by atoms with Crippen molar-refractivity contribution in [2.75, 3.05) is 20.2 Å². The van der Waals surface area contributed by atoms with E-state index in [0.717, 1.165) is 19.5 Å². The van der Waals surface area contributed by atoms with Crippen LogP contribution in [0.4, 0.5) is 0 Å². The molecule has 92 valence electrons. The van der Waals surface area contributed by atoms with E-state index in [0.29, 0.717) is 0 Å². The van der Waals surface area contributed by atoms with Crippen LogP contribution < -0.4 is 5.32 Å². The average molecular weight is 233 g/mol. The summed E-state index contributed by atoms with van der Waals surface area (Å²) in [6.45, 7) is 3.81. The molecule has 0 saturated carbocycles. The second-order valence-electron chi connectivity index (χ2n) is 4.64. The first-order chi connectivity index (χ1) is 8.22. The molecule has 0 spiro atoms. The standard InChI is InChI=1S/C14H19NO2/c1-10-3-5-11(6-4-10)13-9-15-8-7-12(13)14(16)17-2/h3-6,12-13,15H,7-9H2,1-2H3/t12-,13-/m0/s1. The number of hydrogen-bond donors (Lipinski definition) is 1. The number of hydrogen-bond acceptors (Lipinski definition) is 3. The summed E-state index contributed by atoms with van der Waals surface area (Å²) in [5, 5.41) is 3.35. The monoisotopic (exact) mass is 233 g/mol. The summed E-state index contributed by atoms with van der Waals surface area (Å²) in [6.07, 6.45) is 0.852. The zero-order valence-electron chi connectivity index (χ0n) is 10.4. The van der Waals surface area contributed by atoms with E-state index < -0.39 is 0 Å². The van der Waals surface area contributed by atoms with Crippen LogP contribution in [0.5, 0.6) is 0 Å². The Bertz CT molecular complexity index is 386. The summed E-state index contributed by atoms with van der Waals surface area (Å²) in [5.41, 5.74) is 2.46. The quantitative estimate of drug-likeness (QED) is 0.792. The van der Waals surface area contributed by atoms with Crippen LogP contribution >= 0.6 is 0 Å². The van der Waals surface area contributed by atoms with Gasteiger partial charge in [-0.2, -0.15) is 0 Å². The molecule has 0 amide bonds. The molecule has 1 aliphatic heterocycles. The van der Waals surface area contributed by atoms with Crippen LogP contribution in [0.25, 0.3) is 0 Å². The zero-order chi connectivity index (χ0) is 12.3. The van der Waals surface area contributed by atoms with Gasteiger partial charge < -0.3 is 10.1 Å². The normalized spacial score (nSPS) is 24.4. The second kappa shape index (κ2) is 5.32. The minimum Gasteiger partial charge on any atom is -0.469 e. The molecule has 17 heavy (non-hydrogen) atoms. The molecule has 2 rings (SSSR count). The van der Waals surface area contributed by atoms with Gasteiger partial charge in [0.05, 0.1) is 13.0 Å². The number of aryl methyl sites for hydroxylation is 1. The van der Waals surface area contributed by atoms with Gasteiger partial charge in [-0.15, -0.1) is 0 Å². The molecular formula is C14H19NO2. The molecule has 3 nitrogen and oxygen atoms in total. The Morgan fingerprint density at radius 3 is 2.71 bits per heavy atom. The van der Waals surface area contributed by atoms with Gasteiger partial charge in [-0.25, -0.2) is 0 Å². The van der Waals surface area contributed by atoms with Gasteiger partial charge in [-0.3, -0.25) is 4.79 Å². The topological polar surface area (TPSA) is 38.3 Å². The molecule has 0 radical (unpaired) electrons. The fraction of sp³-hybridized carbons (Fsp3) is 0.500. The fourth-order valence-corrected chi connectivity index (χ4v) is 2.46. The molecule has 1 saturated heterocycles. The highest BCUT2D eigenvalue weighted by molar-refractivity contribution is 5.73. The van der Waals surface area contributed by atoms with Crippen LogP contribution in [0.2, 0.25) is 0 Å². The SMILES string of the molecule is COC(=O)[C@H]1CCNC[C@H]1c1ccc(C)cc1. The van der Waals surface area contributed by atoms with Gasteiger partial charge in [0.25, 0.3) is 0 Å². The zero-order valence-corrected chi connectivity index (χ0v) is 10.4. The van der Waals surface area contributed by atoms with E-state index in [1.807, 2.05) is 0 Å². The Hall–Kier alpha value is -1.35. The van der Waals surface area contributed by atoms with Crippen molar-refractivity contribution in [2.45, 2.75) is 19.3 Å². The molecule has 0 unspecified atom stereocenters. The first-order valence-corrected chi connectivity index (χ1v) is 6.07. The molecule has 1 fully saturated rings. The molecule has 1 aliphatic rings. The number of benzene rings is 1. The Kier molecular flexibility index (Phi) is 3.79. The third-order valence-corrected chi connectivity index (χ3v) is 3.49. The van der Waals surface area contributed by atoms with Crippen molar-refractivity contribution in [3.63, 3.8) is 0 Å². The lowest BCUT2D eigenvalue weighted by atomic mass is 9.81. The smallest absolute Gasteiger partial charge is 0.309 e. The molecule has 1 aromatic carbocycles. The lowest BCUT2D eigenvalue weighted by Gasteiger charge is -2.30. The van der Waals surface area contributed by atoms with Gasteiger partial charge in [0.2, 0.25) is 0 Å². The molecule has 0 bridgehead atoms. The van der Waals surface area contributed by atoms with E-state index >= 15 is 0 Å². The second-order valence-corrected chi connectivity index (χ2v) is 4.64. The van der Waals surface area contributed by atoms with Crippen molar-refractivity contribution >= 4 is 5.97 Å². The van der Waals surface area contributed by atoms with E-state index in [4.69, 9.17) is 4.74 Å². The molecular weight excluding hydrogens is 214 g/mol. The van der Waals surface area contributed by atoms with Crippen LogP contribution in [0.3, 0.4) is 0 Å². The summed E-state index contributed by atoms with van der Waals surface area (Å²) in [4.78, 5) is 11.8. The third kappa shape index (κ3) is 2.67. The third-order valence-electron chi connectivity index (χ3n) is 3.49. The first-order valence-electron chi connectivity index (χ1n) is 6.07. The molecule has 3 heteroatoms. The van der Waals surface area contributed by atoms with Crippen molar-refractivity contribution in [2.24, 2.45) is 5.92 Å². The number of esters is 1. The highest BCUT2D eigenvalue weighted by atomic mass is 16.5. The minimum atomic E-state index is -0.0860. The van der Waals surface area contributed by atoms with Crippen LogP contribution in [-0.2, 0) is 9.53 Å². The summed E-state index contributed by atoms with van der Waals surface area (Å²) in [5.74, 6) is 0.137. The Morgan fingerprint density at radius 2 is 2.06 bits per heavy atom. The maximum absolute atomic E-state index is 11.8. The lowest BCUT2D eigenvalue weighted by Crippen LogP contribution is -2.39. The number of rotatable bonds is 2. The summed E-state index contributed by atoms with van der Waals surface area (Å²) < 4.78 is 4.90. The van der Waals surface area contributed by atoms with Gasteiger partial charge in [0.1, 0.15) is 0 Å². The number of carbonyl (C=O) groups excluding carboxylic acids is 1. The molecule has 0 aromatic heterocycles. The number of carbonyl (C=O) groups is 1. The van der Waals surface area contributed by atoms with Gasteiger partial charge in [0.15, 0.2) is 0 Å². The van der Waals surface area contributed by atoms with Gasteiger partial charge in [0, 0.05) is 12.5 Å². The molecule has 2 atom stereocenters. The van der Waals surface area contributed by atoms with Gasteiger partial charge >= 0.3 is 5.97 Å². The Labute approximate surface area is 102 Å². The minimum absolute atomic E-state index is 0.0102. The number of nitrogens with one attached hydrogen (secondary N) is 1. The first kappa shape index (κ1) is 12.1. The van der Waals surface area contributed by atoms with Gasteiger partial charge in [-0.05, 0) is 25.5 Å². The average Bonchev–Trinajstić information content (AvgIpc) is 2.39. The number of piperidine rings is 1. The summed E-state index contributed by atoms with van der Waals surface area (Å²) in [7, 11) is 1.47. The predicted octanol–water partition coefficient (Wildman–Crippen LogP) is 1.86. The van der Waals surface area contributed by atoms with Crippen molar-refractivity contribution in [3.05, 3.63) is 35.4 Å². The van der Waals surface area contributed by atoms with E-state index in [9.17, 15) is 4.79 Å². The molecule has 1 heterocycles. The highest BCUT2D eigenvalue weighted by Crippen LogP contribution is 2.30. The highest BCUT2D eigenvalue weighted by Gasteiger charge is 2.32. The van der Waals surface area contributed by atoms with Crippen molar-refractivity contribution < 1.29 is 9.53 Å². The maximum atomic E-state index is 11.8. The van der Waals surface area contributed by atoms with Gasteiger partial charge in [-0.1, -0.05) is 29.8 Å². The molecule has 1 aromatic rings. The predicted molar refractivity (Wildman–Crippen MR) is 66.9 cm³/mol. The Morgan fingerprint density at radius 1 is 1.35 bits per heavy atom.